The van der Waals surface area contributed by atoms with E-state index in [1.165, 1.54) is 18.2 Å². The van der Waals surface area contributed by atoms with Crippen molar-refractivity contribution in [2.24, 2.45) is 17.2 Å². The van der Waals surface area contributed by atoms with E-state index in [0.29, 0.717) is 5.56 Å². The minimum atomic E-state index is -1.10. The number of carboxylic acid groups (broad SMARTS) is 3. The van der Waals surface area contributed by atoms with Gasteiger partial charge in [-0.1, -0.05) is 6.07 Å². The van der Waals surface area contributed by atoms with Crippen LogP contribution in [0.1, 0.15) is 5.56 Å². The van der Waals surface area contributed by atoms with Gasteiger partial charge in [0.15, 0.2) is 11.5 Å². The third kappa shape index (κ3) is 10.3. The molecule has 0 aliphatic carbocycles. The highest BCUT2D eigenvalue weighted by Crippen LogP contribution is 2.25. The molecule has 12 heteroatoms. The number of phenolic OH excluding ortho intramolecular Hbond substituents is 2. The van der Waals surface area contributed by atoms with E-state index in [-0.39, 0.29) is 29.4 Å². The number of hydrogen-bond acceptors (Lipinski definition) is 9. The molecule has 0 aliphatic rings. The fourth-order valence-corrected chi connectivity index (χ4v) is 2.43. The van der Waals surface area contributed by atoms with Crippen LogP contribution in [0.3, 0.4) is 0 Å². The summed E-state index contributed by atoms with van der Waals surface area (Å²) in [6, 6.07) is 1.16. The zero-order valence-corrected chi connectivity index (χ0v) is 15.0. The topological polar surface area (TPSA) is 230 Å². The van der Waals surface area contributed by atoms with Crippen LogP contribution in [0.5, 0.6) is 11.5 Å². The number of carbonyl (C=O) groups is 3. The molecule has 0 saturated heterocycles. The Hall–Kier alpha value is -2.54. The molecule has 0 amide bonds. The Balaban J connectivity index is 0.000000503. The summed E-state index contributed by atoms with van der Waals surface area (Å²) in [5.41, 5.74) is 16.2. The molecule has 11 N–H and O–H groups in total. The number of aliphatic carboxylic acids is 3. The fourth-order valence-electron chi connectivity index (χ4n) is 1.50. The summed E-state index contributed by atoms with van der Waals surface area (Å²) >= 11 is 1.11. The molecular weight excluding hydrogens is 382 g/mol. The van der Waals surface area contributed by atoms with Gasteiger partial charge in [0.05, 0.1) is 0 Å². The molecule has 27 heavy (non-hydrogen) atoms. The predicted molar refractivity (Wildman–Crippen MR) is 97.6 cm³/mol. The Morgan fingerprint density at radius 1 is 0.815 bits per heavy atom. The number of thioether (sulfide) groups is 1. The number of benzene rings is 1. The first kappa shape index (κ1) is 24.5. The Morgan fingerprint density at radius 2 is 1.26 bits per heavy atom. The van der Waals surface area contributed by atoms with Gasteiger partial charge in [0, 0.05) is 11.5 Å². The van der Waals surface area contributed by atoms with E-state index in [2.05, 4.69) is 0 Å². The molecule has 3 atom stereocenters. The molecule has 0 spiro atoms. The van der Waals surface area contributed by atoms with E-state index < -0.39 is 36.0 Å². The van der Waals surface area contributed by atoms with Crippen molar-refractivity contribution < 1.29 is 39.9 Å². The smallest absolute Gasteiger partial charge is 0.321 e. The van der Waals surface area contributed by atoms with Gasteiger partial charge in [-0.05, 0) is 24.1 Å². The molecule has 152 valence electrons. The van der Waals surface area contributed by atoms with Crippen molar-refractivity contribution >= 4 is 29.7 Å². The Morgan fingerprint density at radius 3 is 1.63 bits per heavy atom. The van der Waals surface area contributed by atoms with E-state index in [9.17, 15) is 14.4 Å². The Bertz CT molecular complexity index is 638. The third-order valence-corrected chi connectivity index (χ3v) is 4.23. The van der Waals surface area contributed by atoms with Gasteiger partial charge >= 0.3 is 17.9 Å². The van der Waals surface area contributed by atoms with Crippen molar-refractivity contribution in [1.82, 2.24) is 0 Å². The van der Waals surface area contributed by atoms with Crippen LogP contribution in [-0.2, 0) is 20.8 Å². The van der Waals surface area contributed by atoms with Gasteiger partial charge in [-0.15, -0.1) is 0 Å². The van der Waals surface area contributed by atoms with Crippen molar-refractivity contribution in [3.63, 3.8) is 0 Å². The number of hydrogen-bond donors (Lipinski definition) is 8. The van der Waals surface area contributed by atoms with Crippen LogP contribution >= 0.6 is 11.8 Å². The average molecular weight is 405 g/mol. The quantitative estimate of drug-likeness (QED) is 0.222. The molecule has 0 bridgehead atoms. The molecule has 0 saturated carbocycles. The zero-order valence-electron chi connectivity index (χ0n) is 14.2. The largest absolute Gasteiger partial charge is 0.504 e. The number of carboxylic acids is 3. The van der Waals surface area contributed by atoms with Gasteiger partial charge in [-0.3, -0.25) is 14.4 Å². The summed E-state index contributed by atoms with van der Waals surface area (Å²) in [5, 5.41) is 43.4. The summed E-state index contributed by atoms with van der Waals surface area (Å²) in [5.74, 6) is -3.49. The molecule has 2 unspecified atom stereocenters. The lowest BCUT2D eigenvalue weighted by molar-refractivity contribution is -0.139. The summed E-state index contributed by atoms with van der Waals surface area (Å²) in [7, 11) is 0. The molecule has 1 aromatic carbocycles. The molecule has 1 rings (SSSR count). The fraction of sp³-hybridized carbons (Fsp3) is 0.400. The van der Waals surface area contributed by atoms with Crippen LogP contribution in [0.4, 0.5) is 0 Å². The minimum Gasteiger partial charge on any atom is -0.504 e. The summed E-state index contributed by atoms with van der Waals surface area (Å²) in [6.07, 6.45) is 0.114. The lowest BCUT2D eigenvalue weighted by atomic mass is 10.1. The Labute approximate surface area is 158 Å². The molecule has 0 aromatic heterocycles. The number of nitrogens with two attached hydrogens (primary N) is 3. The number of phenols is 2. The maximum atomic E-state index is 10.4. The van der Waals surface area contributed by atoms with E-state index >= 15 is 0 Å². The first-order valence-corrected chi connectivity index (χ1v) is 8.64. The van der Waals surface area contributed by atoms with Gasteiger partial charge in [0.1, 0.15) is 18.1 Å². The summed E-state index contributed by atoms with van der Waals surface area (Å²) in [6.45, 7) is 0. The molecule has 0 heterocycles. The highest BCUT2D eigenvalue weighted by Gasteiger charge is 2.15. The van der Waals surface area contributed by atoms with Crippen molar-refractivity contribution in [1.29, 1.82) is 0 Å². The summed E-state index contributed by atoms with van der Waals surface area (Å²) in [4.78, 5) is 30.9. The highest BCUT2D eigenvalue weighted by atomic mass is 32.2. The highest BCUT2D eigenvalue weighted by molar-refractivity contribution is 7.99. The molecule has 0 aliphatic heterocycles. The first-order valence-electron chi connectivity index (χ1n) is 7.49. The van der Waals surface area contributed by atoms with E-state index in [4.69, 9.17) is 42.7 Å². The van der Waals surface area contributed by atoms with Gasteiger partial charge in [-0.2, -0.15) is 11.8 Å². The number of rotatable bonds is 9. The lowest BCUT2D eigenvalue weighted by Gasteiger charge is -2.07. The monoisotopic (exact) mass is 405 g/mol. The maximum Gasteiger partial charge on any atom is 0.321 e. The van der Waals surface area contributed by atoms with Crippen LogP contribution in [0.2, 0.25) is 0 Å². The molecule has 0 radical (unpaired) electrons. The minimum absolute atomic E-state index is 0.114. The second-order valence-corrected chi connectivity index (χ2v) is 6.47. The van der Waals surface area contributed by atoms with Crippen LogP contribution in [0, 0.1) is 0 Å². The van der Waals surface area contributed by atoms with Gasteiger partial charge in [-0.25, -0.2) is 0 Å². The van der Waals surface area contributed by atoms with Crippen molar-refractivity contribution in [2.75, 3.05) is 11.5 Å². The lowest BCUT2D eigenvalue weighted by Crippen LogP contribution is -2.36. The van der Waals surface area contributed by atoms with Crippen LogP contribution in [0.25, 0.3) is 0 Å². The maximum absolute atomic E-state index is 10.4. The van der Waals surface area contributed by atoms with Crippen molar-refractivity contribution in [3.05, 3.63) is 23.8 Å². The van der Waals surface area contributed by atoms with Crippen LogP contribution in [-0.4, -0.2) is 73.1 Å². The molecule has 1 aromatic rings. The zero-order chi connectivity index (χ0) is 21.1. The standard InChI is InChI=1S/C9H11NO4.C6H12N2O4S/c10-6(9(13)14)3-5-1-2-7(11)8(12)4-5;7-3(5(9)10)1-13-2-4(8)6(11)12/h1-2,4,6,11-12H,3,10H2,(H,13,14);3-4H,1-2,7-8H2,(H,9,10)(H,11,12)/t6-;/m0./s1. The van der Waals surface area contributed by atoms with Gasteiger partial charge in [0.25, 0.3) is 0 Å². The molecule has 0 fully saturated rings. The van der Waals surface area contributed by atoms with E-state index in [1.807, 2.05) is 0 Å². The normalized spacial score (nSPS) is 13.6. The van der Waals surface area contributed by atoms with Crippen LogP contribution in [0.15, 0.2) is 18.2 Å². The average Bonchev–Trinajstić information content (AvgIpc) is 2.58. The molecular formula is C15H23N3O8S. The third-order valence-electron chi connectivity index (χ3n) is 3.04. The second-order valence-electron chi connectivity index (χ2n) is 5.40. The summed E-state index contributed by atoms with van der Waals surface area (Å²) < 4.78 is 0. The SMILES string of the molecule is NC(CSCC(N)C(=O)O)C(=O)O.N[C@@H](Cc1ccc(O)c(O)c1)C(=O)O. The van der Waals surface area contributed by atoms with Gasteiger partial charge < -0.3 is 42.7 Å². The predicted octanol–water partition coefficient (Wildman–Crippen LogP) is -1.40. The molecule has 11 nitrogen and oxygen atoms in total. The Kier molecular flexibility index (Phi) is 10.8. The van der Waals surface area contributed by atoms with E-state index in [1.54, 1.807) is 0 Å². The van der Waals surface area contributed by atoms with Crippen molar-refractivity contribution in [3.8, 4) is 11.5 Å². The van der Waals surface area contributed by atoms with Crippen LogP contribution < -0.4 is 17.2 Å². The van der Waals surface area contributed by atoms with Gasteiger partial charge in [0.2, 0.25) is 0 Å². The van der Waals surface area contributed by atoms with E-state index in [0.717, 1.165) is 11.8 Å². The first-order chi connectivity index (χ1) is 12.5. The second kappa shape index (κ2) is 12.0. The van der Waals surface area contributed by atoms with Crippen molar-refractivity contribution in [2.45, 2.75) is 24.5 Å². The number of aromatic hydroxyl groups is 2.